The normalized spacial score (nSPS) is 19.0. The number of esters is 1. The largest absolute Gasteiger partial charge is 0.455 e. The number of amides is 1. The fourth-order valence-corrected chi connectivity index (χ4v) is 5.72. The summed E-state index contributed by atoms with van der Waals surface area (Å²) in [5.74, 6) is -0.576. The molecule has 0 aromatic heterocycles. The van der Waals surface area contributed by atoms with E-state index in [0.717, 1.165) is 11.1 Å². The van der Waals surface area contributed by atoms with Crippen LogP contribution in [0.3, 0.4) is 0 Å². The van der Waals surface area contributed by atoms with Crippen LogP contribution in [0.4, 0.5) is 5.69 Å². The smallest absolute Gasteiger partial charge is 0.316 e. The molecule has 2 rings (SSSR count). The molecule has 1 N–H and O–H groups in total. The fraction of sp³-hybridized carbons (Fsp3) is 0.500. The standard InChI is InChI=1S/C16H21NO5S2/c1-11-3-4-13(7-12(11)2)17-15(18)8-22-16(19)9-23-14-5-6-24(20,21)10-14/h3-4,7,14H,5-6,8-10H2,1-2H3,(H,17,18). The Morgan fingerprint density at radius 1 is 1.29 bits per heavy atom. The molecule has 1 amide bonds. The lowest BCUT2D eigenvalue weighted by Crippen LogP contribution is -2.22. The Hall–Kier alpha value is -1.54. The van der Waals surface area contributed by atoms with E-state index >= 15 is 0 Å². The summed E-state index contributed by atoms with van der Waals surface area (Å²) in [4.78, 5) is 23.4. The Kier molecular flexibility index (Phi) is 6.28. The summed E-state index contributed by atoms with van der Waals surface area (Å²) in [6, 6.07) is 5.55. The van der Waals surface area contributed by atoms with Gasteiger partial charge in [-0.1, -0.05) is 6.07 Å². The predicted octanol–water partition coefficient (Wildman–Crippen LogP) is 1.71. The molecule has 8 heteroatoms. The lowest BCUT2D eigenvalue weighted by molar-refractivity contribution is -0.144. The van der Waals surface area contributed by atoms with Crippen molar-refractivity contribution in [2.24, 2.45) is 0 Å². The number of nitrogens with one attached hydrogen (secondary N) is 1. The maximum Gasteiger partial charge on any atom is 0.316 e. The van der Waals surface area contributed by atoms with Gasteiger partial charge < -0.3 is 10.1 Å². The Morgan fingerprint density at radius 3 is 2.67 bits per heavy atom. The van der Waals surface area contributed by atoms with E-state index in [2.05, 4.69) is 5.32 Å². The van der Waals surface area contributed by atoms with Gasteiger partial charge in [-0.2, -0.15) is 0 Å². The molecule has 1 unspecified atom stereocenters. The third kappa shape index (κ3) is 5.83. The summed E-state index contributed by atoms with van der Waals surface area (Å²) in [5, 5.41) is 2.61. The van der Waals surface area contributed by atoms with E-state index < -0.39 is 21.7 Å². The number of rotatable bonds is 6. The summed E-state index contributed by atoms with van der Waals surface area (Å²) in [6.45, 7) is 3.58. The van der Waals surface area contributed by atoms with Crippen molar-refractivity contribution in [3.05, 3.63) is 29.3 Å². The Balaban J connectivity index is 1.69. The first-order chi connectivity index (χ1) is 11.2. The van der Waals surface area contributed by atoms with Crippen molar-refractivity contribution >= 4 is 39.2 Å². The highest BCUT2D eigenvalue weighted by Gasteiger charge is 2.28. The van der Waals surface area contributed by atoms with Gasteiger partial charge in [0.05, 0.1) is 17.3 Å². The minimum atomic E-state index is -2.95. The third-order valence-electron chi connectivity index (χ3n) is 3.78. The number of aryl methyl sites for hydroxylation is 2. The van der Waals surface area contributed by atoms with Crippen molar-refractivity contribution in [2.75, 3.05) is 29.2 Å². The molecule has 1 heterocycles. The van der Waals surface area contributed by atoms with E-state index in [4.69, 9.17) is 4.74 Å². The number of carbonyl (C=O) groups excluding carboxylic acids is 2. The number of hydrogen-bond acceptors (Lipinski definition) is 6. The highest BCUT2D eigenvalue weighted by atomic mass is 32.2. The van der Waals surface area contributed by atoms with Gasteiger partial charge in [0.1, 0.15) is 0 Å². The SMILES string of the molecule is Cc1ccc(NC(=O)COC(=O)CSC2CCS(=O)(=O)C2)cc1C. The number of hydrogen-bond donors (Lipinski definition) is 1. The lowest BCUT2D eigenvalue weighted by Gasteiger charge is -2.09. The number of ether oxygens (including phenoxy) is 1. The van der Waals surface area contributed by atoms with Gasteiger partial charge in [-0.3, -0.25) is 9.59 Å². The van der Waals surface area contributed by atoms with Crippen molar-refractivity contribution in [1.29, 1.82) is 0 Å². The molecular weight excluding hydrogens is 350 g/mol. The Labute approximate surface area is 146 Å². The minimum Gasteiger partial charge on any atom is -0.455 e. The van der Waals surface area contributed by atoms with Gasteiger partial charge in [0, 0.05) is 10.9 Å². The van der Waals surface area contributed by atoms with Crippen LogP contribution in [0.1, 0.15) is 17.5 Å². The van der Waals surface area contributed by atoms with Crippen LogP contribution in [-0.4, -0.2) is 49.4 Å². The van der Waals surface area contributed by atoms with Gasteiger partial charge >= 0.3 is 5.97 Å². The van der Waals surface area contributed by atoms with E-state index in [0.29, 0.717) is 12.1 Å². The number of thioether (sulfide) groups is 1. The molecule has 0 spiro atoms. The van der Waals surface area contributed by atoms with Crippen LogP contribution in [0, 0.1) is 13.8 Å². The van der Waals surface area contributed by atoms with Gasteiger partial charge in [0.2, 0.25) is 0 Å². The van der Waals surface area contributed by atoms with Crippen molar-refractivity contribution < 1.29 is 22.7 Å². The average Bonchev–Trinajstić information content (AvgIpc) is 2.86. The number of benzene rings is 1. The highest BCUT2D eigenvalue weighted by Crippen LogP contribution is 2.24. The van der Waals surface area contributed by atoms with Crippen LogP contribution in [-0.2, 0) is 24.2 Å². The quantitative estimate of drug-likeness (QED) is 0.766. The monoisotopic (exact) mass is 371 g/mol. The van der Waals surface area contributed by atoms with Crippen LogP contribution < -0.4 is 5.32 Å². The zero-order chi connectivity index (χ0) is 17.7. The molecule has 1 saturated heterocycles. The Morgan fingerprint density at radius 2 is 2.04 bits per heavy atom. The molecule has 0 aliphatic carbocycles. The summed E-state index contributed by atoms with van der Waals surface area (Å²) in [6.07, 6.45) is 0.563. The van der Waals surface area contributed by atoms with Crippen molar-refractivity contribution in [2.45, 2.75) is 25.5 Å². The first kappa shape index (κ1) is 18.8. The van der Waals surface area contributed by atoms with Crippen LogP contribution in [0.15, 0.2) is 18.2 Å². The third-order valence-corrected chi connectivity index (χ3v) is 7.04. The van der Waals surface area contributed by atoms with E-state index in [1.165, 1.54) is 11.8 Å². The molecule has 0 bridgehead atoms. The molecule has 1 aliphatic heterocycles. The number of anilines is 1. The summed E-state index contributed by atoms with van der Waals surface area (Å²) in [5.41, 5.74) is 2.85. The molecule has 0 radical (unpaired) electrons. The van der Waals surface area contributed by atoms with Gasteiger partial charge in [-0.25, -0.2) is 8.42 Å². The summed E-state index contributed by atoms with van der Waals surface area (Å²) in [7, 11) is -2.95. The second-order valence-electron chi connectivity index (χ2n) is 5.84. The number of carbonyl (C=O) groups is 2. The molecular formula is C16H21NO5S2. The predicted molar refractivity (Wildman–Crippen MR) is 95.0 cm³/mol. The van der Waals surface area contributed by atoms with Gasteiger partial charge in [-0.15, -0.1) is 11.8 Å². The van der Waals surface area contributed by atoms with Crippen LogP contribution in [0.25, 0.3) is 0 Å². The molecule has 0 saturated carbocycles. The van der Waals surface area contributed by atoms with Crippen molar-refractivity contribution in [3.8, 4) is 0 Å². The molecule has 6 nitrogen and oxygen atoms in total. The molecule has 1 aromatic rings. The second kappa shape index (κ2) is 8.02. The van der Waals surface area contributed by atoms with Crippen LogP contribution >= 0.6 is 11.8 Å². The van der Waals surface area contributed by atoms with E-state index in [-0.39, 0.29) is 29.1 Å². The zero-order valence-corrected chi connectivity index (χ0v) is 15.3. The van der Waals surface area contributed by atoms with Gasteiger partial charge in [0.15, 0.2) is 16.4 Å². The molecule has 132 valence electrons. The Bertz CT molecular complexity index is 730. The summed E-state index contributed by atoms with van der Waals surface area (Å²) < 4.78 is 27.6. The van der Waals surface area contributed by atoms with Crippen LogP contribution in [0.2, 0.25) is 0 Å². The van der Waals surface area contributed by atoms with Crippen molar-refractivity contribution in [1.82, 2.24) is 0 Å². The van der Waals surface area contributed by atoms with Gasteiger partial charge in [-0.05, 0) is 43.5 Å². The topological polar surface area (TPSA) is 89.5 Å². The van der Waals surface area contributed by atoms with Crippen molar-refractivity contribution in [3.63, 3.8) is 0 Å². The van der Waals surface area contributed by atoms with E-state index in [9.17, 15) is 18.0 Å². The van der Waals surface area contributed by atoms with E-state index in [1.807, 2.05) is 26.0 Å². The molecule has 1 aliphatic rings. The minimum absolute atomic E-state index is 0.0527. The van der Waals surface area contributed by atoms with Gasteiger partial charge in [0.25, 0.3) is 5.91 Å². The highest BCUT2D eigenvalue weighted by molar-refractivity contribution is 8.02. The first-order valence-corrected chi connectivity index (χ1v) is 10.5. The first-order valence-electron chi connectivity index (χ1n) is 7.60. The second-order valence-corrected chi connectivity index (χ2v) is 9.36. The average molecular weight is 371 g/mol. The fourth-order valence-electron chi connectivity index (χ4n) is 2.28. The molecule has 24 heavy (non-hydrogen) atoms. The summed E-state index contributed by atoms with van der Waals surface area (Å²) >= 11 is 1.27. The van der Waals surface area contributed by atoms with E-state index in [1.54, 1.807) is 6.07 Å². The maximum atomic E-state index is 11.8. The number of sulfone groups is 1. The molecule has 1 atom stereocenters. The molecule has 1 aromatic carbocycles. The maximum absolute atomic E-state index is 11.8. The lowest BCUT2D eigenvalue weighted by atomic mass is 10.1. The molecule has 1 fully saturated rings. The van der Waals surface area contributed by atoms with Crippen LogP contribution in [0.5, 0.6) is 0 Å². The zero-order valence-electron chi connectivity index (χ0n) is 13.7.